The van der Waals surface area contributed by atoms with Gasteiger partial charge in [-0.15, -0.1) is 0 Å². The van der Waals surface area contributed by atoms with E-state index in [0.29, 0.717) is 5.41 Å². The van der Waals surface area contributed by atoms with E-state index >= 15 is 0 Å². The summed E-state index contributed by atoms with van der Waals surface area (Å²) < 4.78 is 0. The van der Waals surface area contributed by atoms with E-state index in [0.717, 1.165) is 17.9 Å². The maximum Gasteiger partial charge on any atom is 0.00408 e. The Bertz CT molecular complexity index is 218. The third-order valence-corrected chi connectivity index (χ3v) is 5.34. The highest BCUT2D eigenvalue weighted by atomic mass is 15.2. The summed E-state index contributed by atoms with van der Waals surface area (Å²) in [4.78, 5) is 2.73. The van der Waals surface area contributed by atoms with Crippen LogP contribution in [0.3, 0.4) is 0 Å². The van der Waals surface area contributed by atoms with E-state index in [1.807, 2.05) is 0 Å². The van der Waals surface area contributed by atoms with Crippen LogP contribution in [0.1, 0.15) is 66.2 Å². The maximum atomic E-state index is 2.73. The van der Waals surface area contributed by atoms with Crippen LogP contribution in [0.15, 0.2) is 0 Å². The van der Waals surface area contributed by atoms with Crippen molar-refractivity contribution in [2.24, 2.45) is 17.3 Å². The zero-order valence-corrected chi connectivity index (χ0v) is 12.3. The van der Waals surface area contributed by atoms with Crippen molar-refractivity contribution in [3.8, 4) is 0 Å². The molecule has 0 bridgehead atoms. The molecule has 2 fully saturated rings. The van der Waals surface area contributed by atoms with Crippen molar-refractivity contribution in [3.05, 3.63) is 0 Å². The van der Waals surface area contributed by atoms with Gasteiger partial charge in [-0.3, -0.25) is 0 Å². The highest BCUT2D eigenvalue weighted by Crippen LogP contribution is 2.47. The molecule has 100 valence electrons. The van der Waals surface area contributed by atoms with Crippen molar-refractivity contribution in [1.82, 2.24) is 4.90 Å². The molecular weight excluding hydrogens is 206 g/mol. The molecule has 2 aliphatic rings. The largest absolute Gasteiger partial charge is 0.300 e. The third kappa shape index (κ3) is 3.05. The summed E-state index contributed by atoms with van der Waals surface area (Å²) in [5, 5.41) is 0. The maximum absolute atomic E-state index is 2.73. The molecule has 1 saturated heterocycles. The molecule has 0 aromatic heterocycles. The second-order valence-corrected chi connectivity index (χ2v) is 7.27. The summed E-state index contributed by atoms with van der Waals surface area (Å²) in [6.45, 7) is 12.3. The molecular formula is C16H31N. The van der Waals surface area contributed by atoms with E-state index in [1.165, 1.54) is 51.6 Å². The van der Waals surface area contributed by atoms with Crippen LogP contribution in [0.4, 0.5) is 0 Å². The molecule has 2 unspecified atom stereocenters. The molecule has 1 spiro atoms. The SMILES string of the molecule is CC(C)C1CCCC2(CCCN(C(C)C)C2)C1. The normalized spacial score (nSPS) is 36.0. The van der Waals surface area contributed by atoms with Gasteiger partial charge in [0.05, 0.1) is 0 Å². The molecule has 1 aliphatic carbocycles. The van der Waals surface area contributed by atoms with Gasteiger partial charge in [0.2, 0.25) is 0 Å². The lowest BCUT2D eigenvalue weighted by atomic mass is 9.63. The number of piperidine rings is 1. The van der Waals surface area contributed by atoms with Crippen molar-refractivity contribution in [3.63, 3.8) is 0 Å². The smallest absolute Gasteiger partial charge is 0.00408 e. The van der Waals surface area contributed by atoms with Crippen LogP contribution < -0.4 is 0 Å². The van der Waals surface area contributed by atoms with Gasteiger partial charge in [-0.2, -0.15) is 0 Å². The van der Waals surface area contributed by atoms with Crippen LogP contribution >= 0.6 is 0 Å². The van der Waals surface area contributed by atoms with Crippen molar-refractivity contribution in [2.45, 2.75) is 72.3 Å². The number of rotatable bonds is 2. The quantitative estimate of drug-likeness (QED) is 0.691. The van der Waals surface area contributed by atoms with Crippen molar-refractivity contribution < 1.29 is 0 Å². The number of hydrogen-bond acceptors (Lipinski definition) is 1. The van der Waals surface area contributed by atoms with Gasteiger partial charge in [0.15, 0.2) is 0 Å². The summed E-state index contributed by atoms with van der Waals surface area (Å²) in [5.41, 5.74) is 0.690. The van der Waals surface area contributed by atoms with Crippen LogP contribution in [0, 0.1) is 17.3 Å². The molecule has 2 atom stereocenters. The highest BCUT2D eigenvalue weighted by molar-refractivity contribution is 4.93. The zero-order valence-electron chi connectivity index (χ0n) is 12.3. The molecule has 0 amide bonds. The Morgan fingerprint density at radius 3 is 2.41 bits per heavy atom. The van der Waals surface area contributed by atoms with Gasteiger partial charge in [-0.1, -0.05) is 26.7 Å². The average molecular weight is 237 g/mol. The van der Waals surface area contributed by atoms with E-state index in [9.17, 15) is 0 Å². The average Bonchev–Trinajstić information content (AvgIpc) is 2.29. The lowest BCUT2D eigenvalue weighted by molar-refractivity contribution is 0.0100. The summed E-state index contributed by atoms with van der Waals surface area (Å²) >= 11 is 0. The first-order valence-electron chi connectivity index (χ1n) is 7.76. The van der Waals surface area contributed by atoms with Gasteiger partial charge in [-0.05, 0) is 63.3 Å². The highest BCUT2D eigenvalue weighted by Gasteiger charge is 2.40. The van der Waals surface area contributed by atoms with Crippen LogP contribution in [-0.2, 0) is 0 Å². The second kappa shape index (κ2) is 5.30. The molecule has 1 heteroatoms. The molecule has 1 saturated carbocycles. The Kier molecular flexibility index (Phi) is 4.18. The Morgan fingerprint density at radius 1 is 1.06 bits per heavy atom. The van der Waals surface area contributed by atoms with E-state index < -0.39 is 0 Å². The molecule has 0 N–H and O–H groups in total. The topological polar surface area (TPSA) is 3.24 Å². The predicted molar refractivity (Wildman–Crippen MR) is 75.2 cm³/mol. The zero-order chi connectivity index (χ0) is 12.5. The molecule has 1 aliphatic heterocycles. The monoisotopic (exact) mass is 237 g/mol. The fourth-order valence-corrected chi connectivity index (χ4v) is 4.13. The first-order chi connectivity index (χ1) is 8.02. The Labute approximate surface area is 108 Å². The summed E-state index contributed by atoms with van der Waals surface area (Å²) in [5.74, 6) is 1.89. The van der Waals surface area contributed by atoms with Gasteiger partial charge in [0.25, 0.3) is 0 Å². The number of likely N-dealkylation sites (tertiary alicyclic amines) is 1. The van der Waals surface area contributed by atoms with Crippen molar-refractivity contribution in [2.75, 3.05) is 13.1 Å². The predicted octanol–water partition coefficient (Wildman–Crippen LogP) is 4.32. The number of nitrogens with zero attached hydrogens (tertiary/aromatic N) is 1. The fraction of sp³-hybridized carbons (Fsp3) is 1.00. The first-order valence-corrected chi connectivity index (χ1v) is 7.76. The summed E-state index contributed by atoms with van der Waals surface area (Å²) in [6, 6.07) is 0.742. The van der Waals surface area contributed by atoms with Crippen molar-refractivity contribution in [1.29, 1.82) is 0 Å². The van der Waals surface area contributed by atoms with E-state index in [-0.39, 0.29) is 0 Å². The summed E-state index contributed by atoms with van der Waals surface area (Å²) in [7, 11) is 0. The Morgan fingerprint density at radius 2 is 1.76 bits per heavy atom. The minimum Gasteiger partial charge on any atom is -0.300 e. The Balaban J connectivity index is 2.02. The van der Waals surface area contributed by atoms with Crippen LogP contribution in [0.25, 0.3) is 0 Å². The van der Waals surface area contributed by atoms with Crippen LogP contribution in [0.2, 0.25) is 0 Å². The van der Waals surface area contributed by atoms with E-state index in [4.69, 9.17) is 0 Å². The van der Waals surface area contributed by atoms with Gasteiger partial charge in [0.1, 0.15) is 0 Å². The lowest BCUT2D eigenvalue weighted by Crippen LogP contribution is -2.48. The van der Waals surface area contributed by atoms with E-state index in [2.05, 4.69) is 32.6 Å². The van der Waals surface area contributed by atoms with Gasteiger partial charge in [0, 0.05) is 12.6 Å². The van der Waals surface area contributed by atoms with Gasteiger partial charge in [-0.25, -0.2) is 0 Å². The standard InChI is InChI=1S/C16H31N/c1-13(2)15-7-5-8-16(11-15)9-6-10-17(12-16)14(3)4/h13-15H,5-12H2,1-4H3. The molecule has 1 nitrogen and oxygen atoms in total. The molecule has 17 heavy (non-hydrogen) atoms. The van der Waals surface area contributed by atoms with Gasteiger partial charge >= 0.3 is 0 Å². The first kappa shape index (κ1) is 13.4. The third-order valence-electron chi connectivity index (χ3n) is 5.34. The Hall–Kier alpha value is -0.0400. The second-order valence-electron chi connectivity index (χ2n) is 7.27. The van der Waals surface area contributed by atoms with Crippen molar-refractivity contribution >= 4 is 0 Å². The molecule has 0 aromatic carbocycles. The van der Waals surface area contributed by atoms with Gasteiger partial charge < -0.3 is 4.90 Å². The van der Waals surface area contributed by atoms with E-state index in [1.54, 1.807) is 0 Å². The minimum absolute atomic E-state index is 0.690. The molecule has 0 aromatic rings. The fourth-order valence-electron chi connectivity index (χ4n) is 4.13. The van der Waals surface area contributed by atoms with Crippen LogP contribution in [-0.4, -0.2) is 24.0 Å². The molecule has 1 heterocycles. The molecule has 2 rings (SSSR count). The molecule has 0 radical (unpaired) electrons. The minimum atomic E-state index is 0.690. The number of hydrogen-bond donors (Lipinski definition) is 0. The summed E-state index contributed by atoms with van der Waals surface area (Å²) in [6.07, 6.45) is 8.91. The van der Waals surface area contributed by atoms with Crippen LogP contribution in [0.5, 0.6) is 0 Å². The lowest BCUT2D eigenvalue weighted by Gasteiger charge is -2.49.